The minimum absolute atomic E-state index is 0.247. The Balaban J connectivity index is 2.11. The number of halogens is 2. The molecule has 0 saturated carbocycles. The highest BCUT2D eigenvalue weighted by Gasteiger charge is 2.12. The average Bonchev–Trinajstić information content (AvgIpc) is 2.43. The van der Waals surface area contributed by atoms with Crippen LogP contribution in [0.4, 0.5) is 8.78 Å². The molecule has 0 aliphatic rings. The summed E-state index contributed by atoms with van der Waals surface area (Å²) >= 11 is 0. The maximum Gasteiger partial charge on any atom is 0.343 e. The summed E-state index contributed by atoms with van der Waals surface area (Å²) in [4.78, 5) is 11.8. The molecule has 0 spiro atoms. The predicted molar refractivity (Wildman–Crippen MR) is 68.9 cm³/mol. The zero-order chi connectivity index (χ0) is 14.5. The van der Waals surface area contributed by atoms with Crippen LogP contribution < -0.4 is 9.47 Å². The number of ether oxygens (including phenoxy) is 2. The highest BCUT2D eigenvalue weighted by Crippen LogP contribution is 2.20. The van der Waals surface area contributed by atoms with Gasteiger partial charge in [0.05, 0.1) is 12.2 Å². The first-order valence-electron chi connectivity index (χ1n) is 6.00. The van der Waals surface area contributed by atoms with Crippen molar-refractivity contribution >= 4 is 5.97 Å². The number of rotatable bonds is 4. The Kier molecular flexibility index (Phi) is 4.30. The number of hydrogen-bond acceptors (Lipinski definition) is 3. The quantitative estimate of drug-likeness (QED) is 0.633. The first kappa shape index (κ1) is 14.0. The van der Waals surface area contributed by atoms with Crippen LogP contribution in [0, 0.1) is 11.6 Å². The SMILES string of the molecule is CCOc1ccc(C(=O)Oc2ccc(F)cc2F)cc1. The van der Waals surface area contributed by atoms with Gasteiger partial charge in [0.15, 0.2) is 11.6 Å². The molecule has 104 valence electrons. The first-order chi connectivity index (χ1) is 9.60. The van der Waals surface area contributed by atoms with Gasteiger partial charge in [0.2, 0.25) is 0 Å². The standard InChI is InChI=1S/C15H12F2O3/c1-2-19-12-6-3-10(4-7-12)15(18)20-14-8-5-11(16)9-13(14)17/h3-9H,2H2,1H3. The zero-order valence-corrected chi connectivity index (χ0v) is 10.7. The molecular formula is C15H12F2O3. The van der Waals surface area contributed by atoms with Crippen LogP contribution in [-0.4, -0.2) is 12.6 Å². The fourth-order valence-corrected chi connectivity index (χ4v) is 1.57. The smallest absolute Gasteiger partial charge is 0.343 e. The molecule has 0 N–H and O–H groups in total. The minimum Gasteiger partial charge on any atom is -0.494 e. The molecule has 0 saturated heterocycles. The van der Waals surface area contributed by atoms with Crippen LogP contribution in [0.5, 0.6) is 11.5 Å². The van der Waals surface area contributed by atoms with Gasteiger partial charge in [0.1, 0.15) is 11.6 Å². The Bertz CT molecular complexity index is 609. The number of hydrogen-bond donors (Lipinski definition) is 0. The Labute approximate surface area is 114 Å². The largest absolute Gasteiger partial charge is 0.494 e. The van der Waals surface area contributed by atoms with Gasteiger partial charge in [-0.25, -0.2) is 13.6 Å². The van der Waals surface area contributed by atoms with Crippen molar-refractivity contribution in [1.29, 1.82) is 0 Å². The summed E-state index contributed by atoms with van der Waals surface area (Å²) < 4.78 is 36.2. The van der Waals surface area contributed by atoms with E-state index in [9.17, 15) is 13.6 Å². The van der Waals surface area contributed by atoms with Crippen molar-refractivity contribution in [2.75, 3.05) is 6.61 Å². The zero-order valence-electron chi connectivity index (χ0n) is 10.7. The summed E-state index contributed by atoms with van der Waals surface area (Å²) in [6.07, 6.45) is 0. The second kappa shape index (κ2) is 6.14. The van der Waals surface area contributed by atoms with Gasteiger partial charge < -0.3 is 9.47 Å². The average molecular weight is 278 g/mol. The highest BCUT2D eigenvalue weighted by molar-refractivity contribution is 5.91. The van der Waals surface area contributed by atoms with E-state index in [0.29, 0.717) is 18.4 Å². The van der Waals surface area contributed by atoms with Crippen molar-refractivity contribution in [2.45, 2.75) is 6.92 Å². The van der Waals surface area contributed by atoms with E-state index in [-0.39, 0.29) is 11.3 Å². The summed E-state index contributed by atoms with van der Waals surface area (Å²) in [5.41, 5.74) is 0.247. The third-order valence-electron chi connectivity index (χ3n) is 2.50. The third-order valence-corrected chi connectivity index (χ3v) is 2.50. The number of benzene rings is 2. The maximum atomic E-state index is 13.4. The number of carbonyl (C=O) groups is 1. The second-order valence-electron chi connectivity index (χ2n) is 3.92. The van der Waals surface area contributed by atoms with E-state index in [1.54, 1.807) is 12.1 Å². The molecule has 0 aliphatic heterocycles. The molecule has 2 rings (SSSR count). The van der Waals surface area contributed by atoms with Gasteiger partial charge in [-0.05, 0) is 43.3 Å². The second-order valence-corrected chi connectivity index (χ2v) is 3.92. The van der Waals surface area contributed by atoms with Crippen molar-refractivity contribution in [2.24, 2.45) is 0 Å². The first-order valence-corrected chi connectivity index (χ1v) is 6.00. The lowest BCUT2D eigenvalue weighted by Gasteiger charge is -2.06. The summed E-state index contributed by atoms with van der Waals surface area (Å²) in [6, 6.07) is 8.98. The Morgan fingerprint density at radius 1 is 1.10 bits per heavy atom. The third kappa shape index (κ3) is 3.32. The topological polar surface area (TPSA) is 35.5 Å². The van der Waals surface area contributed by atoms with Gasteiger partial charge in [-0.3, -0.25) is 0 Å². The molecule has 20 heavy (non-hydrogen) atoms. The maximum absolute atomic E-state index is 13.4. The summed E-state index contributed by atoms with van der Waals surface area (Å²) in [6.45, 7) is 2.37. The summed E-state index contributed by atoms with van der Waals surface area (Å²) in [5, 5.41) is 0. The Morgan fingerprint density at radius 2 is 1.80 bits per heavy atom. The molecule has 0 radical (unpaired) electrons. The Hall–Kier alpha value is -2.43. The van der Waals surface area contributed by atoms with E-state index in [4.69, 9.17) is 9.47 Å². The van der Waals surface area contributed by atoms with Crippen molar-refractivity contribution in [3.63, 3.8) is 0 Å². The molecule has 2 aromatic rings. The van der Waals surface area contributed by atoms with Crippen molar-refractivity contribution < 1.29 is 23.0 Å². The fourth-order valence-electron chi connectivity index (χ4n) is 1.57. The van der Waals surface area contributed by atoms with Crippen molar-refractivity contribution in [1.82, 2.24) is 0 Å². The van der Waals surface area contributed by atoms with Gasteiger partial charge >= 0.3 is 5.97 Å². The number of carbonyl (C=O) groups excluding carboxylic acids is 1. The molecule has 0 aromatic heterocycles. The van der Waals surface area contributed by atoms with Crippen LogP contribution in [0.15, 0.2) is 42.5 Å². The van der Waals surface area contributed by atoms with E-state index in [1.165, 1.54) is 12.1 Å². The van der Waals surface area contributed by atoms with Crippen LogP contribution in [0.2, 0.25) is 0 Å². The van der Waals surface area contributed by atoms with Gasteiger partial charge in [0.25, 0.3) is 0 Å². The normalized spacial score (nSPS) is 10.2. The van der Waals surface area contributed by atoms with E-state index < -0.39 is 17.6 Å². The molecule has 5 heteroatoms. The molecular weight excluding hydrogens is 266 g/mol. The Morgan fingerprint density at radius 3 is 2.40 bits per heavy atom. The van der Waals surface area contributed by atoms with Gasteiger partial charge in [0, 0.05) is 6.07 Å². The number of esters is 1. The minimum atomic E-state index is -0.927. The van der Waals surface area contributed by atoms with E-state index >= 15 is 0 Å². The van der Waals surface area contributed by atoms with Gasteiger partial charge in [-0.15, -0.1) is 0 Å². The predicted octanol–water partition coefficient (Wildman–Crippen LogP) is 3.58. The monoisotopic (exact) mass is 278 g/mol. The lowest BCUT2D eigenvalue weighted by atomic mass is 10.2. The van der Waals surface area contributed by atoms with Crippen molar-refractivity contribution in [3.8, 4) is 11.5 Å². The molecule has 3 nitrogen and oxygen atoms in total. The molecule has 0 heterocycles. The lowest BCUT2D eigenvalue weighted by Crippen LogP contribution is -2.09. The van der Waals surface area contributed by atoms with E-state index in [2.05, 4.69) is 0 Å². The van der Waals surface area contributed by atoms with Crippen LogP contribution in [0.25, 0.3) is 0 Å². The molecule has 0 fully saturated rings. The molecule has 0 aliphatic carbocycles. The lowest BCUT2D eigenvalue weighted by molar-refractivity contribution is 0.0727. The van der Waals surface area contributed by atoms with Crippen molar-refractivity contribution in [3.05, 3.63) is 59.7 Å². The van der Waals surface area contributed by atoms with Crippen LogP contribution >= 0.6 is 0 Å². The summed E-state index contributed by atoms with van der Waals surface area (Å²) in [7, 11) is 0. The van der Waals surface area contributed by atoms with Crippen LogP contribution in [0.1, 0.15) is 17.3 Å². The van der Waals surface area contributed by atoms with Crippen LogP contribution in [0.3, 0.4) is 0 Å². The van der Waals surface area contributed by atoms with E-state index in [0.717, 1.165) is 12.1 Å². The van der Waals surface area contributed by atoms with Gasteiger partial charge in [-0.2, -0.15) is 0 Å². The molecule has 0 bridgehead atoms. The molecule has 2 aromatic carbocycles. The highest BCUT2D eigenvalue weighted by atomic mass is 19.1. The van der Waals surface area contributed by atoms with E-state index in [1.807, 2.05) is 6.92 Å². The molecule has 0 unspecified atom stereocenters. The summed E-state index contributed by atoms with van der Waals surface area (Å²) in [5.74, 6) is -2.08. The van der Waals surface area contributed by atoms with Gasteiger partial charge in [-0.1, -0.05) is 0 Å². The fraction of sp³-hybridized carbons (Fsp3) is 0.133. The molecule has 0 amide bonds. The van der Waals surface area contributed by atoms with Crippen LogP contribution in [-0.2, 0) is 0 Å². The molecule has 0 atom stereocenters.